The van der Waals surface area contributed by atoms with Crippen molar-refractivity contribution < 1.29 is 4.79 Å². The monoisotopic (exact) mass is 266 g/mol. The Kier molecular flexibility index (Phi) is 5.66. The van der Waals surface area contributed by atoms with Crippen LogP contribution in [0, 0.1) is 0 Å². The quantitative estimate of drug-likeness (QED) is 0.720. The Morgan fingerprint density at radius 2 is 1.84 bits per heavy atom. The van der Waals surface area contributed by atoms with Crippen molar-refractivity contribution in [1.29, 1.82) is 0 Å². The van der Waals surface area contributed by atoms with E-state index < -0.39 is 0 Å². The second kappa shape index (κ2) is 6.80. The molecule has 19 heavy (non-hydrogen) atoms. The van der Waals surface area contributed by atoms with Crippen LogP contribution in [0.3, 0.4) is 0 Å². The molecular weight excluding hydrogens is 240 g/mol. The Hall–Kier alpha value is -1.23. The van der Waals surface area contributed by atoms with Gasteiger partial charge in [0.1, 0.15) is 12.2 Å². The zero-order chi connectivity index (χ0) is 14.5. The summed E-state index contributed by atoms with van der Waals surface area (Å²) < 4.78 is 1.68. The number of rotatable bonds is 8. The van der Waals surface area contributed by atoms with Crippen LogP contribution < -0.4 is 0 Å². The van der Waals surface area contributed by atoms with Gasteiger partial charge in [0.05, 0.1) is 12.0 Å². The van der Waals surface area contributed by atoms with E-state index in [9.17, 15) is 4.79 Å². The molecule has 0 aliphatic rings. The van der Waals surface area contributed by atoms with Gasteiger partial charge in [-0.15, -0.1) is 0 Å². The number of hydrogen-bond acceptors (Lipinski definition) is 4. The first-order valence-corrected chi connectivity index (χ1v) is 7.16. The van der Waals surface area contributed by atoms with Crippen LogP contribution in [0.15, 0.2) is 6.33 Å². The molecule has 0 fully saturated rings. The summed E-state index contributed by atoms with van der Waals surface area (Å²) in [6, 6.07) is 0. The lowest BCUT2D eigenvalue weighted by Crippen LogP contribution is -2.54. The van der Waals surface area contributed by atoms with Gasteiger partial charge in [-0.1, -0.05) is 27.7 Å². The molecule has 0 N–H and O–H groups in total. The van der Waals surface area contributed by atoms with Gasteiger partial charge in [0.2, 0.25) is 0 Å². The summed E-state index contributed by atoms with van der Waals surface area (Å²) in [5, 5.41) is 4.03. The molecule has 0 aliphatic heterocycles. The molecule has 1 rings (SSSR count). The Morgan fingerprint density at radius 1 is 1.26 bits per heavy atom. The minimum absolute atomic E-state index is 0.248. The SMILES string of the molecule is CCN(CC)C(CC)(CC)C(=O)Cc1ncnn1C. The minimum Gasteiger partial charge on any atom is -0.297 e. The van der Waals surface area contributed by atoms with Gasteiger partial charge in [-0.25, -0.2) is 4.98 Å². The molecule has 0 aliphatic carbocycles. The topological polar surface area (TPSA) is 51.0 Å². The van der Waals surface area contributed by atoms with Gasteiger partial charge in [-0.3, -0.25) is 14.4 Å². The highest BCUT2D eigenvalue weighted by molar-refractivity contribution is 5.89. The number of carbonyl (C=O) groups is 1. The molecule has 0 unspecified atom stereocenters. The highest BCUT2D eigenvalue weighted by Crippen LogP contribution is 2.26. The average Bonchev–Trinajstić information content (AvgIpc) is 2.81. The third-order valence-corrected chi connectivity index (χ3v) is 4.18. The van der Waals surface area contributed by atoms with Gasteiger partial charge in [-0.05, 0) is 25.9 Å². The molecule has 0 amide bonds. The van der Waals surface area contributed by atoms with Crippen molar-refractivity contribution in [3.8, 4) is 0 Å². The van der Waals surface area contributed by atoms with Gasteiger partial charge < -0.3 is 0 Å². The maximum Gasteiger partial charge on any atom is 0.160 e. The van der Waals surface area contributed by atoms with Crippen molar-refractivity contribution in [2.75, 3.05) is 13.1 Å². The number of ketones is 1. The molecule has 0 aromatic carbocycles. The zero-order valence-corrected chi connectivity index (χ0v) is 12.8. The Labute approximate surface area is 116 Å². The van der Waals surface area contributed by atoms with Crippen LogP contribution in [-0.2, 0) is 18.3 Å². The third kappa shape index (κ3) is 3.03. The van der Waals surface area contributed by atoms with Crippen LogP contribution in [0.4, 0.5) is 0 Å². The van der Waals surface area contributed by atoms with E-state index in [0.29, 0.717) is 6.42 Å². The molecule has 0 spiro atoms. The molecule has 108 valence electrons. The Morgan fingerprint density at radius 3 is 2.21 bits per heavy atom. The molecule has 1 heterocycles. The van der Waals surface area contributed by atoms with Crippen LogP contribution in [0.5, 0.6) is 0 Å². The second-order valence-corrected chi connectivity index (χ2v) is 4.81. The molecule has 1 aromatic heterocycles. The Balaban J connectivity index is 2.98. The van der Waals surface area contributed by atoms with Gasteiger partial charge in [0.15, 0.2) is 5.78 Å². The van der Waals surface area contributed by atoms with E-state index in [4.69, 9.17) is 0 Å². The van der Waals surface area contributed by atoms with Gasteiger partial charge in [0, 0.05) is 7.05 Å². The van der Waals surface area contributed by atoms with Crippen molar-refractivity contribution in [2.24, 2.45) is 7.05 Å². The predicted octanol–water partition coefficient (Wildman–Crippen LogP) is 1.83. The van der Waals surface area contributed by atoms with Crippen molar-refractivity contribution in [3.63, 3.8) is 0 Å². The average molecular weight is 266 g/mol. The van der Waals surface area contributed by atoms with E-state index in [0.717, 1.165) is 31.8 Å². The highest BCUT2D eigenvalue weighted by atomic mass is 16.1. The first-order chi connectivity index (χ1) is 9.05. The van der Waals surface area contributed by atoms with Gasteiger partial charge in [-0.2, -0.15) is 5.10 Å². The summed E-state index contributed by atoms with van der Waals surface area (Å²) >= 11 is 0. The van der Waals surface area contributed by atoms with E-state index in [1.807, 2.05) is 7.05 Å². The number of Topliss-reactive ketones (excluding diaryl/α,β-unsaturated/α-hetero) is 1. The fraction of sp³-hybridized carbons (Fsp3) is 0.786. The maximum atomic E-state index is 12.8. The molecule has 0 radical (unpaired) electrons. The van der Waals surface area contributed by atoms with Crippen LogP contribution in [0.25, 0.3) is 0 Å². The van der Waals surface area contributed by atoms with Crippen molar-refractivity contribution in [3.05, 3.63) is 12.2 Å². The predicted molar refractivity (Wildman–Crippen MR) is 75.9 cm³/mol. The summed E-state index contributed by atoms with van der Waals surface area (Å²) in [5.74, 6) is 0.987. The van der Waals surface area contributed by atoms with Crippen molar-refractivity contribution >= 4 is 5.78 Å². The fourth-order valence-corrected chi connectivity index (χ4v) is 2.89. The van der Waals surface area contributed by atoms with Crippen molar-refractivity contribution in [2.45, 2.75) is 52.5 Å². The van der Waals surface area contributed by atoms with Crippen LogP contribution >= 0.6 is 0 Å². The van der Waals surface area contributed by atoms with E-state index >= 15 is 0 Å². The number of carbonyl (C=O) groups excluding carboxylic acids is 1. The zero-order valence-electron chi connectivity index (χ0n) is 12.8. The van der Waals surface area contributed by atoms with Gasteiger partial charge >= 0.3 is 0 Å². The molecule has 5 nitrogen and oxygen atoms in total. The van der Waals surface area contributed by atoms with Crippen LogP contribution in [0.2, 0.25) is 0 Å². The number of nitrogens with zero attached hydrogens (tertiary/aromatic N) is 4. The maximum absolute atomic E-state index is 12.8. The summed E-state index contributed by atoms with van der Waals surface area (Å²) in [7, 11) is 1.83. The lowest BCUT2D eigenvalue weighted by Gasteiger charge is -2.40. The summed E-state index contributed by atoms with van der Waals surface area (Å²) in [5.41, 5.74) is -0.366. The standard InChI is InChI=1S/C14H26N4O/c1-6-14(7-2,18(8-3)9-4)12(19)10-13-15-11-16-17(13)5/h11H,6-10H2,1-5H3. The van der Waals surface area contributed by atoms with E-state index in [1.54, 1.807) is 4.68 Å². The van der Waals surface area contributed by atoms with E-state index in [1.165, 1.54) is 6.33 Å². The molecular formula is C14H26N4O. The highest BCUT2D eigenvalue weighted by Gasteiger charge is 2.39. The third-order valence-electron chi connectivity index (χ3n) is 4.18. The molecule has 0 atom stereocenters. The van der Waals surface area contributed by atoms with Crippen LogP contribution in [-0.4, -0.2) is 44.1 Å². The van der Waals surface area contributed by atoms with E-state index in [2.05, 4.69) is 42.7 Å². The Bertz CT molecular complexity index is 405. The smallest absolute Gasteiger partial charge is 0.160 e. The first-order valence-electron chi connectivity index (χ1n) is 7.16. The van der Waals surface area contributed by atoms with Crippen LogP contribution in [0.1, 0.15) is 46.4 Å². The summed E-state index contributed by atoms with van der Waals surface area (Å²) in [4.78, 5) is 19.2. The fourth-order valence-electron chi connectivity index (χ4n) is 2.89. The molecule has 5 heteroatoms. The number of aryl methyl sites for hydroxylation is 1. The largest absolute Gasteiger partial charge is 0.297 e. The lowest BCUT2D eigenvalue weighted by molar-refractivity contribution is -0.131. The van der Waals surface area contributed by atoms with E-state index in [-0.39, 0.29) is 11.3 Å². The molecule has 0 saturated heterocycles. The summed E-state index contributed by atoms with van der Waals surface area (Å²) in [6.45, 7) is 10.2. The molecule has 1 aromatic rings. The second-order valence-electron chi connectivity index (χ2n) is 4.81. The first kappa shape index (κ1) is 15.8. The normalized spacial score (nSPS) is 12.1. The number of hydrogen-bond donors (Lipinski definition) is 0. The molecule has 0 bridgehead atoms. The lowest BCUT2D eigenvalue weighted by atomic mass is 9.84. The van der Waals surface area contributed by atoms with Crippen molar-refractivity contribution in [1.82, 2.24) is 19.7 Å². The summed E-state index contributed by atoms with van der Waals surface area (Å²) in [6.07, 6.45) is 3.53. The molecule has 0 saturated carbocycles. The van der Waals surface area contributed by atoms with Gasteiger partial charge in [0.25, 0.3) is 0 Å². The number of aromatic nitrogens is 3. The number of likely N-dealkylation sites (N-methyl/N-ethyl adjacent to an activating group) is 1. The minimum atomic E-state index is -0.366.